The molecule has 0 fully saturated rings. The molecule has 0 atom stereocenters. The summed E-state index contributed by atoms with van der Waals surface area (Å²) in [5, 5.41) is 0. The Hall–Kier alpha value is -1.84. The normalized spacial score (nSPS) is 9.96. The van der Waals surface area contributed by atoms with E-state index in [0.29, 0.717) is 19.5 Å². The van der Waals surface area contributed by atoms with E-state index in [1.165, 1.54) is 5.56 Å². The van der Waals surface area contributed by atoms with Crippen LogP contribution >= 0.6 is 12.4 Å². The zero-order valence-electron chi connectivity index (χ0n) is 13.4. The molecule has 0 aromatic heterocycles. The number of halogens is 1. The number of carbonyl (C=O) groups is 1. The summed E-state index contributed by atoms with van der Waals surface area (Å²) in [4.78, 5) is 14.3. The number of benzene rings is 2. The van der Waals surface area contributed by atoms with E-state index in [-0.39, 0.29) is 18.3 Å². The molecular weight excluding hydrogens is 308 g/mol. The van der Waals surface area contributed by atoms with Gasteiger partial charge in [0, 0.05) is 19.5 Å². The molecule has 2 N–H and O–H groups in total. The molecule has 2 rings (SSSR count). The molecule has 0 unspecified atom stereocenters. The van der Waals surface area contributed by atoms with Crippen LogP contribution in [0.5, 0.6) is 0 Å². The summed E-state index contributed by atoms with van der Waals surface area (Å²) in [5.41, 5.74) is 7.94. The third kappa shape index (κ3) is 6.85. The lowest BCUT2D eigenvalue weighted by molar-refractivity contribution is -0.131. The summed E-state index contributed by atoms with van der Waals surface area (Å²) in [5.74, 6) is 0.185. The summed E-state index contributed by atoms with van der Waals surface area (Å²) in [6, 6.07) is 20.4. The van der Waals surface area contributed by atoms with Gasteiger partial charge in [0.2, 0.25) is 5.91 Å². The highest BCUT2D eigenvalue weighted by molar-refractivity contribution is 5.85. The molecular formula is C19H25ClN2O. The van der Waals surface area contributed by atoms with Crippen molar-refractivity contribution in [3.05, 3.63) is 71.8 Å². The van der Waals surface area contributed by atoms with Crippen molar-refractivity contribution < 1.29 is 4.79 Å². The van der Waals surface area contributed by atoms with Crippen molar-refractivity contribution in [3.8, 4) is 0 Å². The SMILES string of the molecule is Cl.NCCCC(=O)N(CCc1ccccc1)Cc1ccccc1. The van der Waals surface area contributed by atoms with Gasteiger partial charge < -0.3 is 10.6 Å². The van der Waals surface area contributed by atoms with Crippen LogP contribution in [0.4, 0.5) is 0 Å². The second kappa shape index (κ2) is 10.8. The lowest BCUT2D eigenvalue weighted by Crippen LogP contribution is -2.32. The molecule has 0 saturated heterocycles. The molecule has 4 heteroatoms. The topological polar surface area (TPSA) is 46.3 Å². The molecule has 0 bridgehead atoms. The van der Waals surface area contributed by atoms with Gasteiger partial charge in [-0.15, -0.1) is 12.4 Å². The fourth-order valence-electron chi connectivity index (χ4n) is 2.42. The minimum absolute atomic E-state index is 0. The third-order valence-electron chi connectivity index (χ3n) is 3.68. The Morgan fingerprint density at radius 2 is 1.48 bits per heavy atom. The van der Waals surface area contributed by atoms with E-state index >= 15 is 0 Å². The number of nitrogens with two attached hydrogens (primary N) is 1. The van der Waals surface area contributed by atoms with Crippen molar-refractivity contribution in [1.29, 1.82) is 0 Å². The molecule has 0 aliphatic heterocycles. The van der Waals surface area contributed by atoms with Gasteiger partial charge in [0.1, 0.15) is 0 Å². The van der Waals surface area contributed by atoms with E-state index < -0.39 is 0 Å². The molecule has 0 saturated carbocycles. The van der Waals surface area contributed by atoms with Crippen LogP contribution in [-0.4, -0.2) is 23.9 Å². The smallest absolute Gasteiger partial charge is 0.222 e. The molecule has 23 heavy (non-hydrogen) atoms. The Balaban J connectivity index is 0.00000264. The fourth-order valence-corrected chi connectivity index (χ4v) is 2.42. The number of hydrogen-bond acceptors (Lipinski definition) is 2. The van der Waals surface area contributed by atoms with Crippen LogP contribution < -0.4 is 5.73 Å². The number of carbonyl (C=O) groups excluding carboxylic acids is 1. The van der Waals surface area contributed by atoms with Crippen molar-refractivity contribution in [2.45, 2.75) is 25.8 Å². The van der Waals surface area contributed by atoms with Crippen LogP contribution in [0.15, 0.2) is 60.7 Å². The first-order valence-corrected chi connectivity index (χ1v) is 7.85. The first kappa shape index (κ1) is 19.2. The Morgan fingerprint density at radius 1 is 0.913 bits per heavy atom. The van der Waals surface area contributed by atoms with Crippen LogP contribution in [0, 0.1) is 0 Å². The summed E-state index contributed by atoms with van der Waals surface area (Å²) in [6.07, 6.45) is 2.15. The zero-order valence-corrected chi connectivity index (χ0v) is 14.2. The monoisotopic (exact) mass is 332 g/mol. The molecule has 124 valence electrons. The Bertz CT molecular complexity index is 560. The quantitative estimate of drug-likeness (QED) is 0.805. The van der Waals surface area contributed by atoms with E-state index in [9.17, 15) is 4.79 Å². The summed E-state index contributed by atoms with van der Waals surface area (Å²) >= 11 is 0. The number of rotatable bonds is 8. The van der Waals surface area contributed by atoms with Crippen molar-refractivity contribution in [3.63, 3.8) is 0 Å². The van der Waals surface area contributed by atoms with Crippen LogP contribution in [-0.2, 0) is 17.8 Å². The van der Waals surface area contributed by atoms with Crippen molar-refractivity contribution in [2.75, 3.05) is 13.1 Å². The van der Waals surface area contributed by atoms with Gasteiger partial charge in [-0.25, -0.2) is 0 Å². The molecule has 2 aromatic carbocycles. The van der Waals surface area contributed by atoms with Gasteiger partial charge in [-0.1, -0.05) is 60.7 Å². The van der Waals surface area contributed by atoms with Gasteiger partial charge in [0.25, 0.3) is 0 Å². The number of amides is 1. The van der Waals surface area contributed by atoms with Crippen LogP contribution in [0.3, 0.4) is 0 Å². The van der Waals surface area contributed by atoms with Crippen LogP contribution in [0.2, 0.25) is 0 Å². The summed E-state index contributed by atoms with van der Waals surface area (Å²) in [7, 11) is 0. The predicted molar refractivity (Wildman–Crippen MR) is 97.5 cm³/mol. The van der Waals surface area contributed by atoms with Gasteiger partial charge in [0.05, 0.1) is 0 Å². The first-order valence-electron chi connectivity index (χ1n) is 7.85. The van der Waals surface area contributed by atoms with Gasteiger partial charge in [-0.2, -0.15) is 0 Å². The van der Waals surface area contributed by atoms with Gasteiger partial charge >= 0.3 is 0 Å². The Kier molecular flexibility index (Phi) is 9.03. The van der Waals surface area contributed by atoms with E-state index in [0.717, 1.165) is 24.9 Å². The second-order valence-corrected chi connectivity index (χ2v) is 5.43. The minimum Gasteiger partial charge on any atom is -0.338 e. The molecule has 0 heterocycles. The molecule has 0 spiro atoms. The van der Waals surface area contributed by atoms with E-state index in [1.807, 2.05) is 41.3 Å². The fraction of sp³-hybridized carbons (Fsp3) is 0.316. The molecule has 1 amide bonds. The average molecular weight is 333 g/mol. The lowest BCUT2D eigenvalue weighted by atomic mass is 10.1. The second-order valence-electron chi connectivity index (χ2n) is 5.43. The highest BCUT2D eigenvalue weighted by Gasteiger charge is 2.13. The molecule has 3 nitrogen and oxygen atoms in total. The number of nitrogens with zero attached hydrogens (tertiary/aromatic N) is 1. The van der Waals surface area contributed by atoms with Gasteiger partial charge in [-0.05, 0) is 30.5 Å². The lowest BCUT2D eigenvalue weighted by Gasteiger charge is -2.23. The van der Waals surface area contributed by atoms with Crippen molar-refractivity contribution in [2.24, 2.45) is 5.73 Å². The highest BCUT2D eigenvalue weighted by atomic mass is 35.5. The highest BCUT2D eigenvalue weighted by Crippen LogP contribution is 2.09. The van der Waals surface area contributed by atoms with E-state index in [4.69, 9.17) is 5.73 Å². The zero-order chi connectivity index (χ0) is 15.6. The number of hydrogen-bond donors (Lipinski definition) is 1. The largest absolute Gasteiger partial charge is 0.338 e. The maximum Gasteiger partial charge on any atom is 0.222 e. The predicted octanol–water partition coefficient (Wildman–Crippen LogP) is 3.42. The molecule has 0 aliphatic carbocycles. The molecule has 0 aliphatic rings. The Morgan fingerprint density at radius 3 is 2.04 bits per heavy atom. The van der Waals surface area contributed by atoms with Crippen LogP contribution in [0.1, 0.15) is 24.0 Å². The third-order valence-corrected chi connectivity index (χ3v) is 3.68. The van der Waals surface area contributed by atoms with Crippen molar-refractivity contribution >= 4 is 18.3 Å². The molecule has 2 aromatic rings. The Labute approximate surface area is 144 Å². The van der Waals surface area contributed by atoms with E-state index in [1.54, 1.807) is 0 Å². The molecule has 0 radical (unpaired) electrons. The van der Waals surface area contributed by atoms with Crippen LogP contribution in [0.25, 0.3) is 0 Å². The standard InChI is InChI=1S/C19H24N2O.ClH/c20-14-7-12-19(22)21(16-18-10-5-2-6-11-18)15-13-17-8-3-1-4-9-17;/h1-6,8-11H,7,12-16,20H2;1H. The van der Waals surface area contributed by atoms with Gasteiger partial charge in [0.15, 0.2) is 0 Å². The average Bonchev–Trinajstić information content (AvgIpc) is 2.58. The maximum absolute atomic E-state index is 12.4. The van der Waals surface area contributed by atoms with E-state index in [2.05, 4.69) is 24.3 Å². The summed E-state index contributed by atoms with van der Waals surface area (Å²) < 4.78 is 0. The van der Waals surface area contributed by atoms with Crippen molar-refractivity contribution in [1.82, 2.24) is 4.90 Å². The minimum atomic E-state index is 0. The summed E-state index contributed by atoms with van der Waals surface area (Å²) in [6.45, 7) is 1.96. The van der Waals surface area contributed by atoms with Gasteiger partial charge in [-0.3, -0.25) is 4.79 Å². The maximum atomic E-state index is 12.4. The first-order chi connectivity index (χ1) is 10.8.